The van der Waals surface area contributed by atoms with Crippen molar-refractivity contribution >= 4 is 11.9 Å². The van der Waals surface area contributed by atoms with E-state index in [4.69, 9.17) is 0 Å². The molecule has 4 heteroatoms. The van der Waals surface area contributed by atoms with Crippen molar-refractivity contribution in [3.63, 3.8) is 0 Å². The first-order valence-electron chi connectivity index (χ1n) is 11.6. The number of unbranched alkanes of at least 4 members (excludes halogenated alkanes) is 13. The Labute approximate surface area is 176 Å². The first kappa shape index (κ1) is 25.2. The fraction of sp³-hybridized carbons (Fsp3) is 0.680. The molecule has 1 rings (SSSR count). The minimum absolute atomic E-state index is 0.0350. The molecule has 29 heavy (non-hydrogen) atoms. The van der Waals surface area contributed by atoms with Crippen molar-refractivity contribution < 1.29 is 19.8 Å². The third-order valence-corrected chi connectivity index (χ3v) is 5.77. The van der Waals surface area contributed by atoms with Crippen LogP contribution in [0, 0.1) is 6.92 Å². The summed E-state index contributed by atoms with van der Waals surface area (Å²) in [6.45, 7) is 4.11. The van der Waals surface area contributed by atoms with E-state index in [0.717, 1.165) is 24.8 Å². The highest BCUT2D eigenvalue weighted by Crippen LogP contribution is 2.22. The molecule has 0 saturated carbocycles. The van der Waals surface area contributed by atoms with Crippen LogP contribution in [0.25, 0.3) is 0 Å². The second-order valence-electron chi connectivity index (χ2n) is 8.24. The number of benzene rings is 1. The Hall–Kier alpha value is -1.84. The molecule has 0 aliphatic carbocycles. The molecule has 0 bridgehead atoms. The molecule has 0 saturated heterocycles. The van der Waals surface area contributed by atoms with Gasteiger partial charge in [0.1, 0.15) is 0 Å². The first-order chi connectivity index (χ1) is 14.0. The number of carboxylic acid groups (broad SMARTS) is 2. The van der Waals surface area contributed by atoms with E-state index in [1.807, 2.05) is 6.92 Å². The normalized spacial score (nSPS) is 11.0. The largest absolute Gasteiger partial charge is 0.478 e. The molecule has 0 radical (unpaired) electrons. The molecule has 0 unspecified atom stereocenters. The van der Waals surface area contributed by atoms with Crippen LogP contribution in [0.5, 0.6) is 0 Å². The van der Waals surface area contributed by atoms with Gasteiger partial charge in [0.05, 0.1) is 11.1 Å². The fourth-order valence-electron chi connectivity index (χ4n) is 3.99. The van der Waals surface area contributed by atoms with Crippen LogP contribution in [0.4, 0.5) is 0 Å². The van der Waals surface area contributed by atoms with Gasteiger partial charge in [-0.3, -0.25) is 0 Å². The van der Waals surface area contributed by atoms with E-state index in [9.17, 15) is 19.8 Å². The van der Waals surface area contributed by atoms with Crippen LogP contribution in [0.15, 0.2) is 12.1 Å². The van der Waals surface area contributed by atoms with Crippen LogP contribution in [0.3, 0.4) is 0 Å². The van der Waals surface area contributed by atoms with Gasteiger partial charge in [0.25, 0.3) is 0 Å². The number of hydrogen-bond donors (Lipinski definition) is 2. The van der Waals surface area contributed by atoms with Crippen LogP contribution in [-0.4, -0.2) is 22.2 Å². The van der Waals surface area contributed by atoms with Crippen molar-refractivity contribution in [2.24, 2.45) is 0 Å². The van der Waals surface area contributed by atoms with E-state index in [1.54, 1.807) is 6.07 Å². The number of rotatable bonds is 17. The summed E-state index contributed by atoms with van der Waals surface area (Å²) in [6, 6.07) is 3.12. The Bertz CT molecular complexity index is 621. The second-order valence-corrected chi connectivity index (χ2v) is 8.24. The van der Waals surface area contributed by atoms with E-state index in [0.29, 0.717) is 12.0 Å². The molecule has 1 aromatic carbocycles. The third-order valence-electron chi connectivity index (χ3n) is 5.77. The predicted molar refractivity (Wildman–Crippen MR) is 119 cm³/mol. The minimum atomic E-state index is -1.18. The third kappa shape index (κ3) is 9.96. The average molecular weight is 405 g/mol. The Morgan fingerprint density at radius 3 is 1.55 bits per heavy atom. The maximum absolute atomic E-state index is 11.6. The van der Waals surface area contributed by atoms with Crippen molar-refractivity contribution in [1.82, 2.24) is 0 Å². The van der Waals surface area contributed by atoms with Gasteiger partial charge in [0.2, 0.25) is 0 Å². The topological polar surface area (TPSA) is 74.6 Å². The van der Waals surface area contributed by atoms with Crippen LogP contribution in [0.1, 0.15) is 129 Å². The summed E-state index contributed by atoms with van der Waals surface area (Å²) in [5.41, 5.74) is 1.40. The lowest BCUT2D eigenvalue weighted by Crippen LogP contribution is -2.13. The second kappa shape index (κ2) is 15.1. The molecule has 164 valence electrons. The zero-order chi connectivity index (χ0) is 21.5. The lowest BCUT2D eigenvalue weighted by molar-refractivity contribution is 0.0650. The number of aromatic carboxylic acids is 2. The Kier molecular flexibility index (Phi) is 13.1. The molecular formula is C25H40O4. The van der Waals surface area contributed by atoms with Gasteiger partial charge < -0.3 is 10.2 Å². The Balaban J connectivity index is 2.19. The summed E-state index contributed by atoms with van der Waals surface area (Å²) in [4.78, 5) is 22.9. The van der Waals surface area contributed by atoms with Gasteiger partial charge >= 0.3 is 11.9 Å². The standard InChI is InChI=1S/C25H40O4/c1-3-4-5-6-7-8-9-10-11-12-13-14-15-16-17-21-20(2)18-19-22(24(26)27)23(21)25(28)29/h18-19H,3-17H2,1-2H3,(H,26,27)(H,28,29). The maximum Gasteiger partial charge on any atom is 0.336 e. The number of carboxylic acids is 2. The molecule has 0 spiro atoms. The lowest BCUT2D eigenvalue weighted by Gasteiger charge is -2.12. The van der Waals surface area contributed by atoms with Gasteiger partial charge in [-0.1, -0.05) is 96.5 Å². The van der Waals surface area contributed by atoms with E-state index < -0.39 is 11.9 Å². The molecule has 0 aromatic heterocycles. The molecule has 0 atom stereocenters. The van der Waals surface area contributed by atoms with Gasteiger partial charge in [-0.15, -0.1) is 0 Å². The molecule has 4 nitrogen and oxygen atoms in total. The summed E-state index contributed by atoms with van der Waals surface area (Å²) >= 11 is 0. The lowest BCUT2D eigenvalue weighted by atomic mass is 9.92. The fourth-order valence-corrected chi connectivity index (χ4v) is 3.99. The maximum atomic E-state index is 11.6. The molecule has 0 fully saturated rings. The highest BCUT2D eigenvalue weighted by atomic mass is 16.4. The molecule has 0 heterocycles. The van der Waals surface area contributed by atoms with Gasteiger partial charge in [-0.05, 0) is 37.0 Å². The van der Waals surface area contributed by atoms with Crippen molar-refractivity contribution in [3.8, 4) is 0 Å². The van der Waals surface area contributed by atoms with Gasteiger partial charge in [0, 0.05) is 0 Å². The predicted octanol–water partition coefficient (Wildman–Crippen LogP) is 7.42. The molecule has 0 aliphatic rings. The minimum Gasteiger partial charge on any atom is -0.478 e. The SMILES string of the molecule is CCCCCCCCCCCCCCCCc1c(C)ccc(C(=O)O)c1C(=O)O. The smallest absolute Gasteiger partial charge is 0.336 e. The zero-order valence-electron chi connectivity index (χ0n) is 18.5. The van der Waals surface area contributed by atoms with E-state index in [2.05, 4.69) is 6.92 Å². The monoisotopic (exact) mass is 404 g/mol. The highest BCUT2D eigenvalue weighted by molar-refractivity contribution is 6.03. The van der Waals surface area contributed by atoms with E-state index in [-0.39, 0.29) is 11.1 Å². The van der Waals surface area contributed by atoms with E-state index in [1.165, 1.54) is 76.7 Å². The quantitative estimate of drug-likeness (QED) is 0.265. The molecule has 0 aliphatic heterocycles. The summed E-state index contributed by atoms with van der Waals surface area (Å²) < 4.78 is 0. The molecular weight excluding hydrogens is 364 g/mol. The van der Waals surface area contributed by atoms with Gasteiger partial charge in [-0.2, -0.15) is 0 Å². The van der Waals surface area contributed by atoms with Gasteiger partial charge in [0.15, 0.2) is 0 Å². The van der Waals surface area contributed by atoms with Crippen LogP contribution in [0.2, 0.25) is 0 Å². The first-order valence-corrected chi connectivity index (χ1v) is 11.6. The molecule has 0 amide bonds. The van der Waals surface area contributed by atoms with Crippen LogP contribution >= 0.6 is 0 Å². The van der Waals surface area contributed by atoms with Crippen molar-refractivity contribution in [1.29, 1.82) is 0 Å². The Morgan fingerprint density at radius 1 is 0.690 bits per heavy atom. The van der Waals surface area contributed by atoms with E-state index >= 15 is 0 Å². The summed E-state index contributed by atoms with van der Waals surface area (Å²) in [5.74, 6) is -2.32. The molecule has 2 N–H and O–H groups in total. The van der Waals surface area contributed by atoms with Crippen LogP contribution < -0.4 is 0 Å². The molecule has 1 aromatic rings. The Morgan fingerprint density at radius 2 is 1.14 bits per heavy atom. The van der Waals surface area contributed by atoms with Crippen molar-refractivity contribution in [2.45, 2.75) is 110 Å². The number of aryl methyl sites for hydroxylation is 1. The summed E-state index contributed by atoms with van der Waals surface area (Å²) in [5, 5.41) is 18.7. The number of carbonyl (C=O) groups is 2. The highest BCUT2D eigenvalue weighted by Gasteiger charge is 2.21. The summed E-state index contributed by atoms with van der Waals surface area (Å²) in [7, 11) is 0. The van der Waals surface area contributed by atoms with Crippen molar-refractivity contribution in [3.05, 3.63) is 34.4 Å². The van der Waals surface area contributed by atoms with Crippen LogP contribution in [-0.2, 0) is 6.42 Å². The van der Waals surface area contributed by atoms with Gasteiger partial charge in [-0.25, -0.2) is 9.59 Å². The number of hydrogen-bond acceptors (Lipinski definition) is 2. The summed E-state index contributed by atoms with van der Waals surface area (Å²) in [6.07, 6.45) is 18.6. The zero-order valence-corrected chi connectivity index (χ0v) is 18.5. The average Bonchev–Trinajstić information content (AvgIpc) is 2.68. The van der Waals surface area contributed by atoms with Crippen molar-refractivity contribution in [2.75, 3.05) is 0 Å².